The molecule has 5 nitrogen and oxygen atoms in total. The van der Waals surface area contributed by atoms with Crippen molar-refractivity contribution in [3.05, 3.63) is 12.2 Å². The van der Waals surface area contributed by atoms with Gasteiger partial charge in [-0.1, -0.05) is 37.8 Å². The summed E-state index contributed by atoms with van der Waals surface area (Å²) in [7, 11) is 0. The van der Waals surface area contributed by atoms with E-state index in [-0.39, 0.29) is 5.91 Å². The average Bonchev–Trinajstić information content (AvgIpc) is 3.11. The molecule has 0 N–H and O–H groups in total. The van der Waals surface area contributed by atoms with E-state index in [4.69, 9.17) is 0 Å². The van der Waals surface area contributed by atoms with Gasteiger partial charge in [-0.3, -0.25) is 14.5 Å². The molecular weight excluding hydrogens is 314 g/mol. The van der Waals surface area contributed by atoms with Crippen LogP contribution in [0.1, 0.15) is 52.4 Å². The van der Waals surface area contributed by atoms with E-state index in [1.54, 1.807) is 0 Å². The van der Waals surface area contributed by atoms with Crippen molar-refractivity contribution in [3.63, 3.8) is 0 Å². The number of rotatable bonds is 8. The summed E-state index contributed by atoms with van der Waals surface area (Å²) < 4.78 is 0. The Hall–Kier alpha value is -1.36. The normalized spacial score (nSPS) is 19.2. The van der Waals surface area contributed by atoms with Crippen molar-refractivity contribution in [1.29, 1.82) is 0 Å². The molecule has 1 aliphatic heterocycles. The third kappa shape index (κ3) is 6.46. The quantitative estimate of drug-likeness (QED) is 0.633. The van der Waals surface area contributed by atoms with Gasteiger partial charge in [0.1, 0.15) is 0 Å². The molecule has 0 aromatic heterocycles. The Morgan fingerprint density at radius 1 is 1.12 bits per heavy atom. The molecule has 5 heteroatoms. The number of carbonyl (C=O) groups excluding carboxylic acids is 2. The number of nitrogens with zero attached hydrogens (tertiary/aromatic N) is 3. The Balaban J connectivity index is 1.68. The van der Waals surface area contributed by atoms with Gasteiger partial charge >= 0.3 is 0 Å². The van der Waals surface area contributed by atoms with Crippen LogP contribution in [0.25, 0.3) is 0 Å². The lowest BCUT2D eigenvalue weighted by Gasteiger charge is -2.35. The third-order valence-electron chi connectivity index (χ3n) is 5.52. The molecule has 1 saturated carbocycles. The first-order valence-corrected chi connectivity index (χ1v) is 9.92. The fourth-order valence-electron chi connectivity index (χ4n) is 3.93. The predicted molar refractivity (Wildman–Crippen MR) is 101 cm³/mol. The van der Waals surface area contributed by atoms with Crippen molar-refractivity contribution in [3.8, 4) is 0 Å². The van der Waals surface area contributed by atoms with Crippen LogP contribution in [-0.2, 0) is 9.59 Å². The van der Waals surface area contributed by atoms with Crippen LogP contribution in [0.4, 0.5) is 0 Å². The summed E-state index contributed by atoms with van der Waals surface area (Å²) in [6.45, 7) is 12.7. The van der Waals surface area contributed by atoms with Gasteiger partial charge in [0.25, 0.3) is 0 Å². The van der Waals surface area contributed by atoms with Crippen LogP contribution < -0.4 is 0 Å². The van der Waals surface area contributed by atoms with Crippen molar-refractivity contribution < 1.29 is 9.59 Å². The Kier molecular flexibility index (Phi) is 7.94. The first kappa shape index (κ1) is 20.0. The predicted octanol–water partition coefficient (Wildman–Crippen LogP) is 2.53. The highest BCUT2D eigenvalue weighted by Gasteiger charge is 2.24. The smallest absolute Gasteiger partial charge is 0.237 e. The Bertz CT molecular complexity index is 464. The molecule has 142 valence electrons. The van der Waals surface area contributed by atoms with Crippen LogP contribution in [-0.4, -0.2) is 72.3 Å². The van der Waals surface area contributed by atoms with Gasteiger partial charge in [-0.15, -0.1) is 0 Å². The highest BCUT2D eigenvalue weighted by atomic mass is 16.2. The van der Waals surface area contributed by atoms with Crippen molar-refractivity contribution in [2.45, 2.75) is 52.4 Å². The summed E-state index contributed by atoms with van der Waals surface area (Å²) in [5.74, 6) is 1.23. The summed E-state index contributed by atoms with van der Waals surface area (Å²) in [5, 5.41) is 0. The zero-order valence-electron chi connectivity index (χ0n) is 16.1. The second-order valence-corrected chi connectivity index (χ2v) is 7.71. The van der Waals surface area contributed by atoms with Crippen LogP contribution in [0.5, 0.6) is 0 Å². The fourth-order valence-corrected chi connectivity index (χ4v) is 3.93. The third-order valence-corrected chi connectivity index (χ3v) is 5.52. The van der Waals surface area contributed by atoms with Crippen LogP contribution in [0.3, 0.4) is 0 Å². The first-order chi connectivity index (χ1) is 12.0. The molecular formula is C20H35N3O2. The Labute approximate surface area is 153 Å². The molecule has 2 amide bonds. The summed E-state index contributed by atoms with van der Waals surface area (Å²) in [6.07, 6.45) is 7.05. The molecule has 0 radical (unpaired) electrons. The first-order valence-electron chi connectivity index (χ1n) is 9.92. The van der Waals surface area contributed by atoms with Gasteiger partial charge in [0.05, 0.1) is 6.54 Å². The number of hydrogen-bond acceptors (Lipinski definition) is 3. The molecule has 1 heterocycles. The van der Waals surface area contributed by atoms with E-state index in [9.17, 15) is 9.59 Å². The summed E-state index contributed by atoms with van der Waals surface area (Å²) in [6, 6.07) is 0. The van der Waals surface area contributed by atoms with E-state index in [0.717, 1.165) is 44.1 Å². The van der Waals surface area contributed by atoms with Crippen molar-refractivity contribution in [2.24, 2.45) is 5.92 Å². The highest BCUT2D eigenvalue weighted by Crippen LogP contribution is 2.28. The molecule has 2 fully saturated rings. The molecule has 0 bridgehead atoms. The van der Waals surface area contributed by atoms with Crippen LogP contribution in [0.2, 0.25) is 0 Å². The summed E-state index contributed by atoms with van der Waals surface area (Å²) >= 11 is 0. The van der Waals surface area contributed by atoms with E-state index in [2.05, 4.69) is 11.5 Å². The largest absolute Gasteiger partial charge is 0.340 e. The zero-order chi connectivity index (χ0) is 18.2. The fraction of sp³-hybridized carbons (Fsp3) is 0.800. The molecule has 2 aliphatic rings. The molecule has 0 unspecified atom stereocenters. The van der Waals surface area contributed by atoms with Gasteiger partial charge in [0.15, 0.2) is 0 Å². The monoisotopic (exact) mass is 349 g/mol. The van der Waals surface area contributed by atoms with Gasteiger partial charge in [0, 0.05) is 45.7 Å². The molecule has 0 aromatic carbocycles. The second-order valence-electron chi connectivity index (χ2n) is 7.71. The SMILES string of the molecule is C=C(C)CN(CC)C(=O)CN1CCN(C(=O)CCC2CCCC2)CC1. The van der Waals surface area contributed by atoms with E-state index >= 15 is 0 Å². The van der Waals surface area contributed by atoms with Gasteiger partial charge in [-0.2, -0.15) is 0 Å². The Morgan fingerprint density at radius 3 is 2.32 bits per heavy atom. The van der Waals surface area contributed by atoms with E-state index in [0.29, 0.717) is 32.0 Å². The minimum Gasteiger partial charge on any atom is -0.340 e. The number of piperazine rings is 1. The minimum absolute atomic E-state index is 0.159. The zero-order valence-corrected chi connectivity index (χ0v) is 16.1. The number of amides is 2. The maximum Gasteiger partial charge on any atom is 0.237 e. The van der Waals surface area contributed by atoms with Crippen LogP contribution in [0.15, 0.2) is 12.2 Å². The van der Waals surface area contributed by atoms with E-state index < -0.39 is 0 Å². The molecule has 0 spiro atoms. The second kappa shape index (κ2) is 9.95. The number of carbonyl (C=O) groups is 2. The topological polar surface area (TPSA) is 43.9 Å². The van der Waals surface area contributed by atoms with Crippen molar-refractivity contribution >= 4 is 11.8 Å². The number of likely N-dealkylation sites (N-methyl/N-ethyl adjacent to an activating group) is 1. The molecule has 0 atom stereocenters. The maximum atomic E-state index is 12.4. The lowest BCUT2D eigenvalue weighted by molar-refractivity contribution is -0.135. The van der Waals surface area contributed by atoms with E-state index in [1.165, 1.54) is 25.7 Å². The molecule has 25 heavy (non-hydrogen) atoms. The van der Waals surface area contributed by atoms with Gasteiger partial charge < -0.3 is 9.80 Å². The van der Waals surface area contributed by atoms with Gasteiger partial charge in [-0.05, 0) is 26.2 Å². The molecule has 1 saturated heterocycles. The van der Waals surface area contributed by atoms with Crippen LogP contribution >= 0.6 is 0 Å². The standard InChI is InChI=1S/C20H35N3O2/c1-4-22(15-17(2)3)20(25)16-21-11-13-23(14-12-21)19(24)10-9-18-7-5-6-8-18/h18H,2,4-16H2,1,3H3. The average molecular weight is 350 g/mol. The maximum absolute atomic E-state index is 12.4. The van der Waals surface area contributed by atoms with Crippen molar-refractivity contribution in [1.82, 2.24) is 14.7 Å². The van der Waals surface area contributed by atoms with Gasteiger partial charge in [0.2, 0.25) is 11.8 Å². The van der Waals surface area contributed by atoms with Crippen molar-refractivity contribution in [2.75, 3.05) is 45.8 Å². The highest BCUT2D eigenvalue weighted by molar-refractivity contribution is 5.79. The molecule has 2 rings (SSSR count). The van der Waals surface area contributed by atoms with Gasteiger partial charge in [-0.25, -0.2) is 0 Å². The van der Waals surface area contributed by atoms with E-state index in [1.807, 2.05) is 23.6 Å². The number of hydrogen-bond donors (Lipinski definition) is 0. The molecule has 1 aliphatic carbocycles. The minimum atomic E-state index is 0.159. The lowest BCUT2D eigenvalue weighted by Crippen LogP contribution is -2.51. The lowest BCUT2D eigenvalue weighted by atomic mass is 10.0. The molecule has 0 aromatic rings. The summed E-state index contributed by atoms with van der Waals surface area (Å²) in [4.78, 5) is 30.8. The van der Waals surface area contributed by atoms with Crippen LogP contribution in [0, 0.1) is 5.92 Å². The Morgan fingerprint density at radius 2 is 1.76 bits per heavy atom. The summed E-state index contributed by atoms with van der Waals surface area (Å²) in [5.41, 5.74) is 1.01.